The van der Waals surface area contributed by atoms with Crippen LogP contribution in [0.25, 0.3) is 10.8 Å². The van der Waals surface area contributed by atoms with Crippen LogP contribution in [0.5, 0.6) is 0 Å². The summed E-state index contributed by atoms with van der Waals surface area (Å²) in [5.41, 5.74) is -0.00790. The van der Waals surface area contributed by atoms with E-state index >= 15 is 0 Å². The molecule has 2 aromatic heterocycles. The first kappa shape index (κ1) is 15.4. The van der Waals surface area contributed by atoms with E-state index in [4.69, 9.17) is 4.74 Å². The molecule has 0 N–H and O–H groups in total. The van der Waals surface area contributed by atoms with Crippen LogP contribution >= 0.6 is 11.3 Å². The molecule has 5 nitrogen and oxygen atoms in total. The number of rotatable bonds is 5. The predicted octanol–water partition coefficient (Wildman–Crippen LogP) is 2.88. The number of benzene rings is 1. The molecule has 118 valence electrons. The summed E-state index contributed by atoms with van der Waals surface area (Å²) in [4.78, 5) is 25.8. The molecule has 0 saturated carbocycles. The van der Waals surface area contributed by atoms with Gasteiger partial charge in [0.15, 0.2) is 5.69 Å². The maximum Gasteiger partial charge on any atom is 0.359 e. The number of ether oxygens (including phenoxy) is 1. The fourth-order valence-corrected chi connectivity index (χ4v) is 3.06. The number of esters is 1. The molecule has 0 aliphatic rings. The molecule has 1 aromatic carbocycles. The molecule has 6 heteroatoms. The second kappa shape index (κ2) is 6.75. The van der Waals surface area contributed by atoms with Crippen molar-refractivity contribution in [3.63, 3.8) is 0 Å². The van der Waals surface area contributed by atoms with Gasteiger partial charge >= 0.3 is 5.97 Å². The summed E-state index contributed by atoms with van der Waals surface area (Å²) in [6, 6.07) is 10.9. The number of hydrogen-bond acceptors (Lipinski definition) is 5. The molecule has 0 atom stereocenters. The fraction of sp³-hybridized carbons (Fsp3) is 0.235. The molecule has 0 bridgehead atoms. The Balaban J connectivity index is 1.87. The van der Waals surface area contributed by atoms with Crippen molar-refractivity contribution in [3.05, 3.63) is 62.7 Å². The molecule has 0 amide bonds. The van der Waals surface area contributed by atoms with Crippen LogP contribution in [0.4, 0.5) is 0 Å². The molecule has 0 radical (unpaired) electrons. The average molecular weight is 328 g/mol. The molecule has 0 aliphatic heterocycles. The van der Waals surface area contributed by atoms with Crippen molar-refractivity contribution in [3.8, 4) is 0 Å². The van der Waals surface area contributed by atoms with Crippen LogP contribution < -0.4 is 5.56 Å². The highest BCUT2D eigenvalue weighted by atomic mass is 32.1. The van der Waals surface area contributed by atoms with Crippen LogP contribution in [-0.2, 0) is 17.7 Å². The summed E-state index contributed by atoms with van der Waals surface area (Å²) >= 11 is 1.63. The van der Waals surface area contributed by atoms with Gasteiger partial charge < -0.3 is 4.74 Å². The second-order valence-corrected chi connectivity index (χ2v) is 6.01. The zero-order valence-electron chi connectivity index (χ0n) is 12.7. The standard InChI is InChI=1S/C17H16N2O3S/c1-2-19-16(20)14-8-4-3-7-13(14)15(18-19)17(21)22-10-9-12-6-5-11-23-12/h3-8,11H,2,9-10H2,1H3. The number of nitrogens with zero attached hydrogens (tertiary/aromatic N) is 2. The van der Waals surface area contributed by atoms with E-state index in [0.717, 1.165) is 4.88 Å². The highest BCUT2D eigenvalue weighted by molar-refractivity contribution is 7.09. The van der Waals surface area contributed by atoms with Crippen LogP contribution in [0, 0.1) is 0 Å². The minimum Gasteiger partial charge on any atom is -0.461 e. The van der Waals surface area contributed by atoms with Gasteiger partial charge in [-0.05, 0) is 24.4 Å². The van der Waals surface area contributed by atoms with E-state index < -0.39 is 5.97 Å². The van der Waals surface area contributed by atoms with Crippen molar-refractivity contribution < 1.29 is 9.53 Å². The highest BCUT2D eigenvalue weighted by Gasteiger charge is 2.17. The number of thiophene rings is 1. The number of fused-ring (bicyclic) bond motifs is 1. The number of hydrogen-bond donors (Lipinski definition) is 0. The lowest BCUT2D eigenvalue weighted by Crippen LogP contribution is -2.26. The molecular formula is C17H16N2O3S. The first-order chi connectivity index (χ1) is 11.2. The van der Waals surface area contributed by atoms with E-state index in [1.807, 2.05) is 24.4 Å². The summed E-state index contributed by atoms with van der Waals surface area (Å²) in [7, 11) is 0. The lowest BCUT2D eigenvalue weighted by molar-refractivity contribution is 0.0502. The Morgan fingerprint density at radius 3 is 2.70 bits per heavy atom. The molecule has 0 fully saturated rings. The zero-order valence-corrected chi connectivity index (χ0v) is 13.5. The highest BCUT2D eigenvalue weighted by Crippen LogP contribution is 2.15. The van der Waals surface area contributed by atoms with Gasteiger partial charge in [0, 0.05) is 23.2 Å². The van der Waals surface area contributed by atoms with Gasteiger partial charge in [0.1, 0.15) is 0 Å². The lowest BCUT2D eigenvalue weighted by atomic mass is 10.1. The van der Waals surface area contributed by atoms with Crippen molar-refractivity contribution in [1.29, 1.82) is 0 Å². The van der Waals surface area contributed by atoms with Crippen LogP contribution in [0.15, 0.2) is 46.6 Å². The smallest absolute Gasteiger partial charge is 0.359 e. The summed E-state index contributed by atoms with van der Waals surface area (Å²) in [5, 5.41) is 7.17. The number of aromatic nitrogens is 2. The minimum atomic E-state index is -0.500. The van der Waals surface area contributed by atoms with E-state index in [1.54, 1.807) is 35.6 Å². The van der Waals surface area contributed by atoms with Gasteiger partial charge in [-0.2, -0.15) is 5.10 Å². The monoisotopic (exact) mass is 328 g/mol. The molecule has 2 heterocycles. The van der Waals surface area contributed by atoms with E-state index in [0.29, 0.717) is 30.3 Å². The van der Waals surface area contributed by atoms with Crippen LogP contribution in [0.2, 0.25) is 0 Å². The van der Waals surface area contributed by atoms with Crippen molar-refractivity contribution in [2.75, 3.05) is 6.61 Å². The van der Waals surface area contributed by atoms with Gasteiger partial charge in [-0.15, -0.1) is 11.3 Å². The normalized spacial score (nSPS) is 10.8. The third kappa shape index (κ3) is 3.17. The van der Waals surface area contributed by atoms with E-state index in [1.165, 1.54) is 4.68 Å². The van der Waals surface area contributed by atoms with Crippen LogP contribution in [0.3, 0.4) is 0 Å². The van der Waals surface area contributed by atoms with Gasteiger partial charge in [-0.3, -0.25) is 4.79 Å². The van der Waals surface area contributed by atoms with Crippen molar-refractivity contribution in [1.82, 2.24) is 9.78 Å². The number of carbonyl (C=O) groups is 1. The van der Waals surface area contributed by atoms with Gasteiger partial charge in [-0.25, -0.2) is 9.48 Å². The lowest BCUT2D eigenvalue weighted by Gasteiger charge is -2.09. The van der Waals surface area contributed by atoms with Gasteiger partial charge in [-0.1, -0.05) is 24.3 Å². The zero-order chi connectivity index (χ0) is 16.2. The fourth-order valence-electron chi connectivity index (χ4n) is 2.37. The Bertz CT molecular complexity index is 884. The predicted molar refractivity (Wildman–Crippen MR) is 90.0 cm³/mol. The molecule has 0 spiro atoms. The molecular weight excluding hydrogens is 312 g/mol. The Labute approximate surface area is 137 Å². The summed E-state index contributed by atoms with van der Waals surface area (Å²) in [6.45, 7) is 2.51. The summed E-state index contributed by atoms with van der Waals surface area (Å²) in [5.74, 6) is -0.500. The number of aryl methyl sites for hydroxylation is 1. The molecule has 3 aromatic rings. The third-order valence-electron chi connectivity index (χ3n) is 3.52. The average Bonchev–Trinajstić information content (AvgIpc) is 3.09. The summed E-state index contributed by atoms with van der Waals surface area (Å²) in [6.07, 6.45) is 0.675. The maximum atomic E-state index is 12.4. The minimum absolute atomic E-state index is 0.188. The topological polar surface area (TPSA) is 61.2 Å². The Kier molecular flexibility index (Phi) is 4.52. The van der Waals surface area contributed by atoms with Crippen LogP contribution in [-0.4, -0.2) is 22.4 Å². The number of carbonyl (C=O) groups excluding carboxylic acids is 1. The molecule has 0 aliphatic carbocycles. The Hall–Kier alpha value is -2.47. The quantitative estimate of drug-likeness (QED) is 0.676. The van der Waals surface area contributed by atoms with Gasteiger partial charge in [0.2, 0.25) is 0 Å². The second-order valence-electron chi connectivity index (χ2n) is 4.98. The molecule has 3 rings (SSSR count). The third-order valence-corrected chi connectivity index (χ3v) is 4.46. The van der Waals surface area contributed by atoms with Gasteiger partial charge in [0.25, 0.3) is 5.56 Å². The Morgan fingerprint density at radius 2 is 2.00 bits per heavy atom. The van der Waals surface area contributed by atoms with E-state index in [2.05, 4.69) is 5.10 Å². The van der Waals surface area contributed by atoms with Crippen molar-refractivity contribution in [2.24, 2.45) is 0 Å². The van der Waals surface area contributed by atoms with E-state index in [9.17, 15) is 9.59 Å². The molecule has 0 saturated heterocycles. The van der Waals surface area contributed by atoms with E-state index in [-0.39, 0.29) is 11.3 Å². The van der Waals surface area contributed by atoms with Crippen molar-refractivity contribution >= 4 is 28.1 Å². The molecule has 0 unspecified atom stereocenters. The first-order valence-corrected chi connectivity index (χ1v) is 8.28. The van der Waals surface area contributed by atoms with Crippen molar-refractivity contribution in [2.45, 2.75) is 19.9 Å². The van der Waals surface area contributed by atoms with Crippen LogP contribution in [0.1, 0.15) is 22.3 Å². The molecule has 23 heavy (non-hydrogen) atoms. The maximum absolute atomic E-state index is 12.4. The SMILES string of the molecule is CCn1nc(C(=O)OCCc2cccs2)c2ccccc2c1=O. The first-order valence-electron chi connectivity index (χ1n) is 7.40. The largest absolute Gasteiger partial charge is 0.461 e. The van der Waals surface area contributed by atoms with Gasteiger partial charge in [0.05, 0.1) is 12.0 Å². The summed E-state index contributed by atoms with van der Waals surface area (Å²) < 4.78 is 6.63. The Morgan fingerprint density at radius 1 is 1.22 bits per heavy atom.